The van der Waals surface area contributed by atoms with E-state index in [1.54, 1.807) is 37.6 Å². The molecule has 1 fully saturated rings. The minimum absolute atomic E-state index is 0.0792. The van der Waals surface area contributed by atoms with Crippen LogP contribution in [-0.4, -0.2) is 49.2 Å². The maximum Gasteiger partial charge on any atom is 0.340 e. The monoisotopic (exact) mass is 377 g/mol. The zero-order valence-corrected chi connectivity index (χ0v) is 15.4. The third-order valence-electron chi connectivity index (χ3n) is 4.55. The van der Waals surface area contributed by atoms with Crippen LogP contribution in [0.3, 0.4) is 0 Å². The second kappa shape index (κ2) is 7.88. The number of rotatable bonds is 4. The largest absolute Gasteiger partial charge is 0.465 e. The Morgan fingerprint density at radius 1 is 1.19 bits per heavy atom. The highest BCUT2D eigenvalue weighted by Gasteiger charge is 2.23. The van der Waals surface area contributed by atoms with Gasteiger partial charge in [0, 0.05) is 20.2 Å². The number of carbonyl (C=O) groups excluding carboxylic acids is 1. The fraction of sp³-hybridized carbons (Fsp3) is 0.389. The normalized spacial score (nSPS) is 15.1. The Kier molecular flexibility index (Phi) is 5.58. The van der Waals surface area contributed by atoms with Crippen LogP contribution in [0.25, 0.3) is 5.69 Å². The summed E-state index contributed by atoms with van der Waals surface area (Å²) in [6.45, 7) is 1.48. The van der Waals surface area contributed by atoms with Crippen molar-refractivity contribution < 1.29 is 14.3 Å². The van der Waals surface area contributed by atoms with Gasteiger partial charge in [0.15, 0.2) is 0 Å². The summed E-state index contributed by atoms with van der Waals surface area (Å²) in [7, 11) is 2.99. The van der Waals surface area contributed by atoms with E-state index in [1.807, 2.05) is 4.90 Å². The number of nitrogens with zero attached hydrogens (tertiary/aromatic N) is 3. The minimum atomic E-state index is -0.545. The second-order valence-corrected chi connectivity index (χ2v) is 6.37. The predicted molar refractivity (Wildman–Crippen MR) is 98.4 cm³/mol. The molecule has 0 amide bonds. The van der Waals surface area contributed by atoms with E-state index < -0.39 is 11.5 Å². The van der Waals surface area contributed by atoms with Crippen LogP contribution < -0.4 is 10.5 Å². The number of halogens is 1. The number of benzene rings is 1. The van der Waals surface area contributed by atoms with E-state index >= 15 is 0 Å². The van der Waals surface area contributed by atoms with Crippen molar-refractivity contribution in [3.8, 4) is 5.69 Å². The highest BCUT2D eigenvalue weighted by molar-refractivity contribution is 6.33. The highest BCUT2D eigenvalue weighted by atomic mass is 35.5. The van der Waals surface area contributed by atoms with Gasteiger partial charge in [-0.25, -0.2) is 4.79 Å². The standard InChI is InChI=1S/C18H20ClN3O4/c1-25-12-7-9-21(10-8-12)15-11-20-22(17(23)16(15)19)14-6-4-3-5-13(14)18(24)26-2/h3-6,11-12H,7-10H2,1-2H3. The van der Waals surface area contributed by atoms with Gasteiger partial charge < -0.3 is 14.4 Å². The first-order chi connectivity index (χ1) is 12.6. The van der Waals surface area contributed by atoms with Crippen molar-refractivity contribution in [2.75, 3.05) is 32.2 Å². The summed E-state index contributed by atoms with van der Waals surface area (Å²) in [6, 6.07) is 6.61. The SMILES string of the molecule is COC(=O)c1ccccc1-n1ncc(N2CCC(OC)CC2)c(Cl)c1=O. The molecule has 1 saturated heterocycles. The van der Waals surface area contributed by atoms with E-state index in [-0.39, 0.29) is 16.7 Å². The zero-order valence-electron chi connectivity index (χ0n) is 14.6. The van der Waals surface area contributed by atoms with Crippen LogP contribution >= 0.6 is 11.6 Å². The molecule has 0 atom stereocenters. The molecule has 26 heavy (non-hydrogen) atoms. The molecule has 0 N–H and O–H groups in total. The van der Waals surface area contributed by atoms with Gasteiger partial charge in [-0.2, -0.15) is 9.78 Å². The number of methoxy groups -OCH3 is 2. The number of para-hydroxylation sites is 1. The Hall–Kier alpha value is -2.38. The molecule has 0 unspecified atom stereocenters. The third kappa shape index (κ3) is 3.45. The highest BCUT2D eigenvalue weighted by Crippen LogP contribution is 2.26. The molecule has 2 heterocycles. The third-order valence-corrected chi connectivity index (χ3v) is 4.91. The van der Waals surface area contributed by atoms with Crippen LogP contribution in [0.5, 0.6) is 0 Å². The Labute approximate surface area is 156 Å². The van der Waals surface area contributed by atoms with Gasteiger partial charge in [-0.1, -0.05) is 23.7 Å². The molecule has 1 aromatic heterocycles. The van der Waals surface area contributed by atoms with Gasteiger partial charge in [-0.05, 0) is 25.0 Å². The lowest BCUT2D eigenvalue weighted by Crippen LogP contribution is -2.38. The lowest BCUT2D eigenvalue weighted by molar-refractivity contribution is 0.0600. The number of ether oxygens (including phenoxy) is 2. The molecule has 0 radical (unpaired) electrons. The predicted octanol–water partition coefficient (Wildman–Crippen LogP) is 2.29. The van der Waals surface area contributed by atoms with Crippen LogP contribution in [0.1, 0.15) is 23.2 Å². The molecular weight excluding hydrogens is 358 g/mol. The summed E-state index contributed by atoms with van der Waals surface area (Å²) in [5.41, 5.74) is 0.692. The molecule has 1 aliphatic rings. The second-order valence-electron chi connectivity index (χ2n) is 5.99. The van der Waals surface area contributed by atoms with Gasteiger partial charge >= 0.3 is 5.97 Å². The van der Waals surface area contributed by atoms with Crippen molar-refractivity contribution in [1.82, 2.24) is 9.78 Å². The van der Waals surface area contributed by atoms with E-state index in [1.165, 1.54) is 7.11 Å². The molecule has 0 saturated carbocycles. The molecule has 0 spiro atoms. The summed E-state index contributed by atoms with van der Waals surface area (Å²) in [5, 5.41) is 4.32. The number of aromatic nitrogens is 2. The van der Waals surface area contributed by atoms with Gasteiger partial charge in [-0.15, -0.1) is 0 Å². The minimum Gasteiger partial charge on any atom is -0.465 e. The number of esters is 1. The smallest absolute Gasteiger partial charge is 0.340 e. The lowest BCUT2D eigenvalue weighted by Gasteiger charge is -2.33. The van der Waals surface area contributed by atoms with Gasteiger partial charge in [0.1, 0.15) is 5.02 Å². The first kappa shape index (κ1) is 18.4. The molecular formula is C18H20ClN3O4. The quantitative estimate of drug-likeness (QED) is 0.761. The summed E-state index contributed by atoms with van der Waals surface area (Å²) in [5.74, 6) is -0.545. The number of hydrogen-bond donors (Lipinski definition) is 0. The maximum absolute atomic E-state index is 12.8. The zero-order chi connectivity index (χ0) is 18.7. The molecule has 8 heteroatoms. The van der Waals surface area contributed by atoms with Crippen molar-refractivity contribution in [2.24, 2.45) is 0 Å². The summed E-state index contributed by atoms with van der Waals surface area (Å²) >= 11 is 6.36. The summed E-state index contributed by atoms with van der Waals surface area (Å²) < 4.78 is 11.3. The van der Waals surface area contributed by atoms with Gasteiger partial charge in [0.25, 0.3) is 5.56 Å². The van der Waals surface area contributed by atoms with Gasteiger partial charge in [-0.3, -0.25) is 4.79 Å². The first-order valence-corrected chi connectivity index (χ1v) is 8.68. The van der Waals surface area contributed by atoms with Crippen molar-refractivity contribution in [2.45, 2.75) is 18.9 Å². The average molecular weight is 378 g/mol. The van der Waals surface area contributed by atoms with Gasteiger partial charge in [0.05, 0.1) is 36.3 Å². The molecule has 1 aliphatic heterocycles. The fourth-order valence-electron chi connectivity index (χ4n) is 3.09. The molecule has 0 aliphatic carbocycles. The topological polar surface area (TPSA) is 73.7 Å². The lowest BCUT2D eigenvalue weighted by atomic mass is 10.1. The van der Waals surface area contributed by atoms with Crippen molar-refractivity contribution >= 4 is 23.3 Å². The average Bonchev–Trinajstić information content (AvgIpc) is 2.69. The van der Waals surface area contributed by atoms with Crippen LogP contribution in [-0.2, 0) is 9.47 Å². The Balaban J connectivity index is 1.97. The molecule has 2 aromatic rings. The van der Waals surface area contributed by atoms with Crippen LogP contribution in [0.15, 0.2) is 35.3 Å². The van der Waals surface area contributed by atoms with Crippen LogP contribution in [0, 0.1) is 0 Å². The molecule has 7 nitrogen and oxygen atoms in total. The molecule has 1 aromatic carbocycles. The van der Waals surface area contributed by atoms with Crippen LogP contribution in [0.2, 0.25) is 5.02 Å². The number of piperidine rings is 1. The molecule has 0 bridgehead atoms. The van der Waals surface area contributed by atoms with Crippen LogP contribution in [0.4, 0.5) is 5.69 Å². The van der Waals surface area contributed by atoms with E-state index in [0.717, 1.165) is 30.6 Å². The van der Waals surface area contributed by atoms with E-state index in [0.29, 0.717) is 11.4 Å². The van der Waals surface area contributed by atoms with Gasteiger partial charge in [0.2, 0.25) is 0 Å². The molecule has 3 rings (SSSR count). The summed E-state index contributed by atoms with van der Waals surface area (Å²) in [4.78, 5) is 26.8. The summed E-state index contributed by atoms with van der Waals surface area (Å²) in [6.07, 6.45) is 3.51. The fourth-order valence-corrected chi connectivity index (χ4v) is 3.34. The Morgan fingerprint density at radius 2 is 1.88 bits per heavy atom. The van der Waals surface area contributed by atoms with E-state index in [2.05, 4.69) is 5.10 Å². The van der Waals surface area contributed by atoms with Crippen molar-refractivity contribution in [1.29, 1.82) is 0 Å². The number of hydrogen-bond acceptors (Lipinski definition) is 6. The number of carbonyl (C=O) groups is 1. The van der Waals surface area contributed by atoms with E-state index in [4.69, 9.17) is 21.1 Å². The Bertz CT molecular complexity index is 860. The Morgan fingerprint density at radius 3 is 2.54 bits per heavy atom. The van der Waals surface area contributed by atoms with E-state index in [9.17, 15) is 9.59 Å². The van der Waals surface area contributed by atoms with Crippen molar-refractivity contribution in [3.05, 3.63) is 51.4 Å². The number of anilines is 1. The molecule has 138 valence electrons. The first-order valence-electron chi connectivity index (χ1n) is 8.30. The van der Waals surface area contributed by atoms with Crippen molar-refractivity contribution in [3.63, 3.8) is 0 Å². The maximum atomic E-state index is 12.8.